The maximum absolute atomic E-state index is 12.6. The Morgan fingerprint density at radius 2 is 2.14 bits per heavy atom. The Hall–Kier alpha value is -1.90. The summed E-state index contributed by atoms with van der Waals surface area (Å²) in [7, 11) is 4.00. The van der Waals surface area contributed by atoms with Gasteiger partial charge in [0.25, 0.3) is 5.91 Å². The van der Waals surface area contributed by atoms with Crippen molar-refractivity contribution in [1.29, 1.82) is 0 Å². The zero-order valence-corrected chi connectivity index (χ0v) is 13.3. The van der Waals surface area contributed by atoms with Crippen molar-refractivity contribution in [2.45, 2.75) is 19.9 Å². The first-order valence-electron chi connectivity index (χ1n) is 7.09. The Labute approximate surface area is 127 Å². The summed E-state index contributed by atoms with van der Waals surface area (Å²) in [5.41, 5.74) is 6.63. The number of carbonyl (C=O) groups is 1. The second kappa shape index (κ2) is 8.40. The van der Waals surface area contributed by atoms with E-state index in [9.17, 15) is 4.79 Å². The minimum atomic E-state index is -0.0178. The van der Waals surface area contributed by atoms with E-state index in [1.54, 1.807) is 18.5 Å². The molecule has 0 radical (unpaired) electrons. The van der Waals surface area contributed by atoms with Gasteiger partial charge in [0.2, 0.25) is 0 Å². The summed E-state index contributed by atoms with van der Waals surface area (Å²) >= 11 is 0. The first-order chi connectivity index (χ1) is 9.99. The van der Waals surface area contributed by atoms with Crippen LogP contribution in [0.1, 0.15) is 29.8 Å². The van der Waals surface area contributed by atoms with E-state index in [-0.39, 0.29) is 11.9 Å². The van der Waals surface area contributed by atoms with Crippen LogP contribution in [0.5, 0.6) is 0 Å². The summed E-state index contributed by atoms with van der Waals surface area (Å²) in [6.07, 6.45) is 3.22. The Balaban J connectivity index is 2.94. The Kier molecular flexibility index (Phi) is 6.86. The number of carbonyl (C=O) groups excluding carboxylic acids is 1. The first kappa shape index (κ1) is 17.2. The molecule has 1 heterocycles. The molecule has 1 aromatic rings. The van der Waals surface area contributed by atoms with E-state index in [2.05, 4.69) is 21.7 Å². The smallest absolute Gasteiger partial charge is 0.255 e. The molecule has 2 N–H and O–H groups in total. The summed E-state index contributed by atoms with van der Waals surface area (Å²) in [5.74, 6) is 5.65. The van der Waals surface area contributed by atoms with Crippen molar-refractivity contribution in [1.82, 2.24) is 14.8 Å². The number of rotatable bonds is 5. The van der Waals surface area contributed by atoms with Crippen LogP contribution in [0.3, 0.4) is 0 Å². The van der Waals surface area contributed by atoms with Crippen LogP contribution in [0.2, 0.25) is 0 Å². The molecule has 0 bridgehead atoms. The molecule has 5 nitrogen and oxygen atoms in total. The van der Waals surface area contributed by atoms with E-state index in [4.69, 9.17) is 5.73 Å². The molecule has 1 unspecified atom stereocenters. The molecular weight excluding hydrogens is 264 g/mol. The van der Waals surface area contributed by atoms with Gasteiger partial charge in [-0.2, -0.15) is 0 Å². The van der Waals surface area contributed by atoms with Gasteiger partial charge in [-0.15, -0.1) is 0 Å². The number of likely N-dealkylation sites (N-methyl/N-ethyl adjacent to an activating group) is 2. The summed E-state index contributed by atoms with van der Waals surface area (Å²) in [6, 6.07) is 1.90. The van der Waals surface area contributed by atoms with Crippen LogP contribution in [-0.2, 0) is 0 Å². The first-order valence-corrected chi connectivity index (χ1v) is 7.09. The summed E-state index contributed by atoms with van der Waals surface area (Å²) < 4.78 is 0. The molecule has 0 saturated heterocycles. The van der Waals surface area contributed by atoms with Crippen molar-refractivity contribution in [3.63, 3.8) is 0 Å². The molecule has 0 aliphatic rings. The van der Waals surface area contributed by atoms with Crippen LogP contribution in [0.25, 0.3) is 0 Å². The van der Waals surface area contributed by atoms with Crippen molar-refractivity contribution >= 4 is 5.91 Å². The lowest BCUT2D eigenvalue weighted by Gasteiger charge is -2.30. The number of hydrogen-bond acceptors (Lipinski definition) is 4. The van der Waals surface area contributed by atoms with E-state index < -0.39 is 0 Å². The van der Waals surface area contributed by atoms with E-state index in [1.165, 1.54) is 0 Å². The highest BCUT2D eigenvalue weighted by Crippen LogP contribution is 2.10. The number of hydrogen-bond donors (Lipinski definition) is 1. The molecule has 1 amide bonds. The third-order valence-electron chi connectivity index (χ3n) is 3.08. The van der Waals surface area contributed by atoms with Gasteiger partial charge < -0.3 is 15.5 Å². The lowest BCUT2D eigenvalue weighted by molar-refractivity contribution is 0.0678. The molecule has 1 atom stereocenters. The normalized spacial score (nSPS) is 11.7. The molecule has 5 heteroatoms. The summed E-state index contributed by atoms with van der Waals surface area (Å²) in [6.45, 7) is 5.80. The SMILES string of the molecule is CCN(C(=O)c1cncc(C#CCN)c1)C(C)CN(C)C. The van der Waals surface area contributed by atoms with Gasteiger partial charge in [0.05, 0.1) is 12.1 Å². The van der Waals surface area contributed by atoms with Gasteiger partial charge >= 0.3 is 0 Å². The minimum Gasteiger partial charge on any atom is -0.335 e. The maximum atomic E-state index is 12.6. The van der Waals surface area contributed by atoms with Gasteiger partial charge in [0.1, 0.15) is 0 Å². The zero-order chi connectivity index (χ0) is 15.8. The number of nitrogens with two attached hydrogens (primary N) is 1. The molecule has 0 aromatic carbocycles. The van der Waals surface area contributed by atoms with Crippen LogP contribution in [0.4, 0.5) is 0 Å². The quantitative estimate of drug-likeness (QED) is 0.814. The van der Waals surface area contributed by atoms with Gasteiger partial charge in [-0.25, -0.2) is 0 Å². The van der Waals surface area contributed by atoms with Crippen LogP contribution in [-0.4, -0.2) is 60.5 Å². The number of nitrogens with zero attached hydrogens (tertiary/aromatic N) is 3. The molecule has 1 aromatic heterocycles. The Morgan fingerprint density at radius 1 is 1.43 bits per heavy atom. The molecule has 0 fully saturated rings. The summed E-state index contributed by atoms with van der Waals surface area (Å²) in [4.78, 5) is 20.6. The monoisotopic (exact) mass is 288 g/mol. The molecular formula is C16H24N4O. The Morgan fingerprint density at radius 3 is 2.71 bits per heavy atom. The van der Waals surface area contributed by atoms with Gasteiger partial charge in [0, 0.05) is 37.1 Å². The molecule has 0 saturated carbocycles. The maximum Gasteiger partial charge on any atom is 0.255 e. The molecule has 0 aliphatic heterocycles. The predicted molar refractivity (Wildman–Crippen MR) is 84.9 cm³/mol. The number of aromatic nitrogens is 1. The standard InChI is InChI=1S/C16H24N4O/c1-5-20(13(2)12-19(3)4)16(21)15-9-14(7-6-8-17)10-18-11-15/h9-11,13H,5,8,12,17H2,1-4H3. The Bertz CT molecular complexity index is 531. The van der Waals surface area contributed by atoms with Gasteiger partial charge in [0.15, 0.2) is 0 Å². The van der Waals surface area contributed by atoms with Gasteiger partial charge in [-0.05, 0) is 34.0 Å². The highest BCUT2D eigenvalue weighted by Gasteiger charge is 2.20. The molecule has 21 heavy (non-hydrogen) atoms. The second-order valence-corrected chi connectivity index (χ2v) is 5.17. The van der Waals surface area contributed by atoms with Crippen molar-refractivity contribution < 1.29 is 4.79 Å². The third kappa shape index (κ3) is 5.18. The second-order valence-electron chi connectivity index (χ2n) is 5.17. The number of amides is 1. The molecule has 0 aliphatic carbocycles. The van der Waals surface area contributed by atoms with Gasteiger partial charge in [-0.1, -0.05) is 11.8 Å². The van der Waals surface area contributed by atoms with E-state index in [0.717, 1.165) is 6.54 Å². The highest BCUT2D eigenvalue weighted by atomic mass is 16.2. The van der Waals surface area contributed by atoms with Gasteiger partial charge in [-0.3, -0.25) is 9.78 Å². The zero-order valence-electron chi connectivity index (χ0n) is 13.3. The van der Waals surface area contributed by atoms with Crippen molar-refractivity contribution in [2.75, 3.05) is 33.7 Å². The third-order valence-corrected chi connectivity index (χ3v) is 3.08. The highest BCUT2D eigenvalue weighted by molar-refractivity contribution is 5.94. The lowest BCUT2D eigenvalue weighted by atomic mass is 10.1. The average Bonchev–Trinajstić information content (AvgIpc) is 2.45. The van der Waals surface area contributed by atoms with Crippen LogP contribution in [0.15, 0.2) is 18.5 Å². The fourth-order valence-corrected chi connectivity index (χ4v) is 2.23. The van der Waals surface area contributed by atoms with Crippen LogP contribution < -0.4 is 5.73 Å². The minimum absolute atomic E-state index is 0.0178. The van der Waals surface area contributed by atoms with E-state index in [0.29, 0.717) is 24.2 Å². The lowest BCUT2D eigenvalue weighted by Crippen LogP contribution is -2.43. The average molecular weight is 288 g/mol. The van der Waals surface area contributed by atoms with Crippen molar-refractivity contribution in [3.05, 3.63) is 29.6 Å². The van der Waals surface area contributed by atoms with Crippen molar-refractivity contribution in [3.8, 4) is 11.8 Å². The molecule has 0 spiro atoms. The van der Waals surface area contributed by atoms with Crippen LogP contribution in [0, 0.1) is 11.8 Å². The van der Waals surface area contributed by atoms with E-state index in [1.807, 2.05) is 32.8 Å². The fraction of sp³-hybridized carbons (Fsp3) is 0.500. The topological polar surface area (TPSA) is 62.5 Å². The summed E-state index contributed by atoms with van der Waals surface area (Å²) in [5, 5.41) is 0. The molecule has 114 valence electrons. The fourth-order valence-electron chi connectivity index (χ4n) is 2.23. The predicted octanol–water partition coefficient (Wildman–Crippen LogP) is 0.804. The number of pyridine rings is 1. The van der Waals surface area contributed by atoms with Crippen LogP contribution >= 0.6 is 0 Å². The molecule has 1 rings (SSSR count). The largest absolute Gasteiger partial charge is 0.335 e. The van der Waals surface area contributed by atoms with Crippen molar-refractivity contribution in [2.24, 2.45) is 5.73 Å². The van der Waals surface area contributed by atoms with E-state index >= 15 is 0 Å².